The molecular weight excluding hydrogens is 371 g/mol. The highest BCUT2D eigenvalue weighted by Gasteiger charge is 2.17. The van der Waals surface area contributed by atoms with Crippen molar-refractivity contribution < 1.29 is 4.79 Å². The number of nitrogens with one attached hydrogen (secondary N) is 1. The Labute approximate surface area is 161 Å². The summed E-state index contributed by atoms with van der Waals surface area (Å²) in [4.78, 5) is 22.8. The summed E-state index contributed by atoms with van der Waals surface area (Å²) in [6, 6.07) is 14.7. The third kappa shape index (κ3) is 3.95. The number of hydrogen-bond acceptors (Lipinski definition) is 4. The van der Waals surface area contributed by atoms with Gasteiger partial charge in [0.25, 0.3) is 5.91 Å². The molecule has 3 rings (SSSR count). The number of para-hydroxylation sites is 1. The molecule has 1 heterocycles. The summed E-state index contributed by atoms with van der Waals surface area (Å²) in [7, 11) is 0. The average molecular weight is 387 g/mol. The van der Waals surface area contributed by atoms with E-state index in [-0.39, 0.29) is 11.6 Å². The van der Waals surface area contributed by atoms with Gasteiger partial charge in [-0.25, -0.2) is 9.97 Å². The largest absolute Gasteiger partial charge is 0.338 e. The highest BCUT2D eigenvalue weighted by Crippen LogP contribution is 2.31. The molecular formula is C19H16Cl2N4O. The third-order valence-corrected chi connectivity index (χ3v) is 4.53. The summed E-state index contributed by atoms with van der Waals surface area (Å²) in [5.74, 6) is 0.256. The lowest BCUT2D eigenvalue weighted by Crippen LogP contribution is -2.31. The number of anilines is 3. The molecule has 1 aromatic heterocycles. The zero-order valence-electron chi connectivity index (χ0n) is 14.0. The fourth-order valence-electron chi connectivity index (χ4n) is 2.43. The van der Waals surface area contributed by atoms with Crippen LogP contribution in [0.25, 0.3) is 0 Å². The number of amides is 1. The van der Waals surface area contributed by atoms with Gasteiger partial charge >= 0.3 is 0 Å². The number of nitrogens with zero attached hydrogens (tertiary/aromatic N) is 3. The number of halogens is 2. The van der Waals surface area contributed by atoms with Gasteiger partial charge in [0.2, 0.25) is 0 Å². The van der Waals surface area contributed by atoms with Crippen molar-refractivity contribution in [1.82, 2.24) is 9.97 Å². The maximum atomic E-state index is 12.7. The lowest BCUT2D eigenvalue weighted by Gasteiger charge is -2.20. The van der Waals surface area contributed by atoms with Crippen LogP contribution in [0.15, 0.2) is 60.9 Å². The molecule has 3 aromatic rings. The zero-order valence-corrected chi connectivity index (χ0v) is 15.5. The second kappa shape index (κ2) is 8.17. The summed E-state index contributed by atoms with van der Waals surface area (Å²) in [6.45, 7) is 2.44. The van der Waals surface area contributed by atoms with Gasteiger partial charge in [-0.2, -0.15) is 0 Å². The molecule has 0 saturated heterocycles. The van der Waals surface area contributed by atoms with Crippen LogP contribution in [0.3, 0.4) is 0 Å². The van der Waals surface area contributed by atoms with Gasteiger partial charge < -0.3 is 10.2 Å². The van der Waals surface area contributed by atoms with E-state index in [0.29, 0.717) is 28.1 Å². The molecule has 0 saturated carbocycles. The fraction of sp³-hybridized carbons (Fsp3) is 0.105. The van der Waals surface area contributed by atoms with Crippen molar-refractivity contribution in [2.45, 2.75) is 6.92 Å². The van der Waals surface area contributed by atoms with E-state index in [9.17, 15) is 4.79 Å². The summed E-state index contributed by atoms with van der Waals surface area (Å²) in [5, 5.41) is 3.88. The van der Waals surface area contributed by atoms with Crippen LogP contribution in [0, 0.1) is 0 Å². The van der Waals surface area contributed by atoms with E-state index >= 15 is 0 Å². The normalized spacial score (nSPS) is 10.4. The predicted octanol–water partition coefficient (Wildman–Crippen LogP) is 5.19. The predicted molar refractivity (Wildman–Crippen MR) is 106 cm³/mol. The molecule has 0 bridgehead atoms. The number of carbonyl (C=O) groups excluding carboxylic acids is 1. The van der Waals surface area contributed by atoms with Gasteiger partial charge in [0, 0.05) is 12.2 Å². The Bertz CT molecular complexity index is 901. The molecule has 26 heavy (non-hydrogen) atoms. The number of rotatable bonds is 5. The first-order valence-electron chi connectivity index (χ1n) is 8.00. The summed E-state index contributed by atoms with van der Waals surface area (Å²) in [5.41, 5.74) is 1.69. The SMILES string of the molecule is CCN(C(=O)c1cnc(Nc2cccc(Cl)c2Cl)cn1)c1ccccc1. The lowest BCUT2D eigenvalue weighted by molar-refractivity contribution is 0.0983. The topological polar surface area (TPSA) is 58.1 Å². The number of hydrogen-bond donors (Lipinski definition) is 1. The number of aromatic nitrogens is 2. The fourth-order valence-corrected chi connectivity index (χ4v) is 2.78. The molecule has 0 aliphatic carbocycles. The minimum Gasteiger partial charge on any atom is -0.338 e. The molecule has 0 atom stereocenters. The molecule has 1 N–H and O–H groups in total. The van der Waals surface area contributed by atoms with Crippen LogP contribution in [-0.4, -0.2) is 22.4 Å². The van der Waals surface area contributed by atoms with E-state index in [4.69, 9.17) is 23.2 Å². The number of carbonyl (C=O) groups is 1. The molecule has 0 aliphatic rings. The van der Waals surface area contributed by atoms with E-state index in [1.54, 1.807) is 23.1 Å². The molecule has 0 radical (unpaired) electrons. The van der Waals surface area contributed by atoms with Crippen molar-refractivity contribution in [2.24, 2.45) is 0 Å². The summed E-state index contributed by atoms with van der Waals surface area (Å²) in [6.07, 6.45) is 2.93. The van der Waals surface area contributed by atoms with Crippen molar-refractivity contribution in [3.05, 3.63) is 76.7 Å². The third-order valence-electron chi connectivity index (χ3n) is 3.71. The first-order chi connectivity index (χ1) is 12.6. The molecule has 132 valence electrons. The summed E-state index contributed by atoms with van der Waals surface area (Å²) < 4.78 is 0. The van der Waals surface area contributed by atoms with Crippen LogP contribution >= 0.6 is 23.2 Å². The van der Waals surface area contributed by atoms with Gasteiger partial charge in [-0.1, -0.05) is 47.5 Å². The molecule has 0 aliphatic heterocycles. The Balaban J connectivity index is 1.78. The highest BCUT2D eigenvalue weighted by molar-refractivity contribution is 6.43. The Morgan fingerprint density at radius 2 is 1.81 bits per heavy atom. The Morgan fingerprint density at radius 1 is 1.04 bits per heavy atom. The Hall–Kier alpha value is -2.63. The minimum absolute atomic E-state index is 0.210. The molecule has 5 nitrogen and oxygen atoms in total. The Morgan fingerprint density at radius 3 is 2.46 bits per heavy atom. The van der Waals surface area contributed by atoms with Gasteiger partial charge in [-0.3, -0.25) is 4.79 Å². The van der Waals surface area contributed by atoms with E-state index in [1.165, 1.54) is 12.4 Å². The highest BCUT2D eigenvalue weighted by atomic mass is 35.5. The maximum Gasteiger partial charge on any atom is 0.278 e. The molecule has 2 aromatic carbocycles. The van der Waals surface area contributed by atoms with E-state index in [2.05, 4.69) is 15.3 Å². The van der Waals surface area contributed by atoms with E-state index in [1.807, 2.05) is 37.3 Å². The van der Waals surface area contributed by atoms with Gasteiger partial charge in [0.1, 0.15) is 11.5 Å². The van der Waals surface area contributed by atoms with Crippen LogP contribution < -0.4 is 10.2 Å². The van der Waals surface area contributed by atoms with Crippen molar-refractivity contribution in [1.29, 1.82) is 0 Å². The second-order valence-corrected chi connectivity index (χ2v) is 6.18. The molecule has 0 unspecified atom stereocenters. The van der Waals surface area contributed by atoms with Gasteiger partial charge in [-0.05, 0) is 31.2 Å². The van der Waals surface area contributed by atoms with Crippen molar-refractivity contribution in [3.8, 4) is 0 Å². The monoisotopic (exact) mass is 386 g/mol. The Kier molecular flexibility index (Phi) is 5.71. The maximum absolute atomic E-state index is 12.7. The molecule has 7 heteroatoms. The van der Waals surface area contributed by atoms with Gasteiger partial charge in [-0.15, -0.1) is 0 Å². The smallest absolute Gasteiger partial charge is 0.278 e. The van der Waals surface area contributed by atoms with Crippen LogP contribution in [0.4, 0.5) is 17.2 Å². The summed E-state index contributed by atoms with van der Waals surface area (Å²) >= 11 is 12.1. The molecule has 1 amide bonds. The standard InChI is InChI=1S/C19H16Cl2N4O/c1-2-25(13-7-4-3-5-8-13)19(26)16-11-23-17(12-22-16)24-15-10-6-9-14(20)18(15)21/h3-12H,2H2,1H3,(H,23,24). The average Bonchev–Trinajstić information content (AvgIpc) is 2.67. The van der Waals surface area contributed by atoms with Crippen LogP contribution in [0.1, 0.15) is 17.4 Å². The first-order valence-corrected chi connectivity index (χ1v) is 8.75. The molecule has 0 fully saturated rings. The van der Waals surface area contributed by atoms with Crippen LogP contribution in [0.2, 0.25) is 10.0 Å². The van der Waals surface area contributed by atoms with Crippen molar-refractivity contribution >= 4 is 46.3 Å². The first kappa shape index (κ1) is 18.2. The second-order valence-electron chi connectivity index (χ2n) is 5.40. The van der Waals surface area contributed by atoms with Crippen LogP contribution in [0.5, 0.6) is 0 Å². The lowest BCUT2D eigenvalue weighted by atomic mass is 10.2. The zero-order chi connectivity index (χ0) is 18.5. The molecule has 0 spiro atoms. The minimum atomic E-state index is -0.210. The van der Waals surface area contributed by atoms with Crippen LogP contribution in [-0.2, 0) is 0 Å². The number of benzene rings is 2. The van der Waals surface area contributed by atoms with E-state index < -0.39 is 0 Å². The van der Waals surface area contributed by atoms with E-state index in [0.717, 1.165) is 5.69 Å². The van der Waals surface area contributed by atoms with Gasteiger partial charge in [0.15, 0.2) is 0 Å². The van der Waals surface area contributed by atoms with Crippen molar-refractivity contribution in [3.63, 3.8) is 0 Å². The van der Waals surface area contributed by atoms with Gasteiger partial charge in [0.05, 0.1) is 28.1 Å². The quantitative estimate of drug-likeness (QED) is 0.654. The van der Waals surface area contributed by atoms with Crippen molar-refractivity contribution in [2.75, 3.05) is 16.8 Å².